The largest absolute Gasteiger partial charge is 0.494 e. The van der Waals surface area contributed by atoms with Crippen molar-refractivity contribution in [2.75, 3.05) is 55.9 Å². The number of hydrogen-bond donors (Lipinski definition) is 3. The van der Waals surface area contributed by atoms with Gasteiger partial charge in [-0.25, -0.2) is 4.98 Å². The second kappa shape index (κ2) is 23.0. The van der Waals surface area contributed by atoms with Gasteiger partial charge in [-0.1, -0.05) is 39.0 Å². The van der Waals surface area contributed by atoms with Gasteiger partial charge in [0.2, 0.25) is 17.7 Å². The Hall–Kier alpha value is -5.72. The minimum absolute atomic E-state index is 0.00563. The maximum absolute atomic E-state index is 13.8. The summed E-state index contributed by atoms with van der Waals surface area (Å²) in [4.78, 5) is 63.2. The van der Waals surface area contributed by atoms with E-state index in [1.807, 2.05) is 18.5 Å². The predicted octanol–water partition coefficient (Wildman–Crippen LogP) is 6.90. The zero-order valence-corrected chi connectivity index (χ0v) is 41.8. The Morgan fingerprint density at radius 2 is 1.71 bits per heavy atom. The van der Waals surface area contributed by atoms with Gasteiger partial charge in [0.05, 0.1) is 46.8 Å². The average Bonchev–Trinajstić information content (AvgIpc) is 3.99. The van der Waals surface area contributed by atoms with Crippen LogP contribution in [0.3, 0.4) is 0 Å². The monoisotopic (exact) mass is 1010 g/mol. The van der Waals surface area contributed by atoms with Crippen LogP contribution in [0.15, 0.2) is 71.8 Å². The number of nitrogens with zero attached hydrogens (tertiary/aromatic N) is 5. The Morgan fingerprint density at radius 1 is 1.03 bits per heavy atom. The highest BCUT2D eigenvalue weighted by Crippen LogP contribution is 2.41. The van der Waals surface area contributed by atoms with E-state index in [0.717, 1.165) is 34.7 Å². The van der Waals surface area contributed by atoms with Gasteiger partial charge in [-0.3, -0.25) is 24.1 Å². The Bertz CT molecular complexity index is 2510. The molecule has 0 bridgehead atoms. The average molecular weight is 1010 g/mol. The van der Waals surface area contributed by atoms with Crippen LogP contribution in [0.5, 0.6) is 5.75 Å². The van der Waals surface area contributed by atoms with Gasteiger partial charge in [-0.15, -0.1) is 11.3 Å². The summed E-state index contributed by atoms with van der Waals surface area (Å²) in [6, 6.07) is 9.65. The molecule has 2 aliphatic heterocycles. The van der Waals surface area contributed by atoms with Gasteiger partial charge in [0, 0.05) is 55.3 Å². The van der Waals surface area contributed by atoms with Gasteiger partial charge < -0.3 is 39.8 Å². The number of aryl methyl sites for hydroxylation is 1. The molecule has 70 heavy (non-hydrogen) atoms. The third-order valence-corrected chi connectivity index (χ3v) is 14.1. The third kappa shape index (κ3) is 12.6. The van der Waals surface area contributed by atoms with Crippen LogP contribution < -0.4 is 25.2 Å². The van der Waals surface area contributed by atoms with Crippen LogP contribution in [-0.4, -0.2) is 114 Å². The van der Waals surface area contributed by atoms with Crippen molar-refractivity contribution in [1.82, 2.24) is 20.5 Å². The highest BCUT2D eigenvalue weighted by Gasteiger charge is 2.51. The summed E-state index contributed by atoms with van der Waals surface area (Å²) >= 11 is 7.25. The minimum atomic E-state index is -4.80. The zero-order chi connectivity index (χ0) is 51.0. The third-order valence-electron chi connectivity index (χ3n) is 12.5. The number of β-amino-alcohol motifs (C(OH)–C–C–N with tert-alkyl or cyclic N) is 1. The maximum atomic E-state index is 13.8. The molecule has 6 rings (SSSR count). The molecule has 4 amide bonds. The quantitative estimate of drug-likeness (QED) is 0.0742. The van der Waals surface area contributed by atoms with E-state index in [0.29, 0.717) is 50.5 Å². The highest BCUT2D eigenvalue weighted by molar-refractivity contribution is 7.81. The number of benzene rings is 2. The number of allylic oxidation sites excluding steroid dienone is 2. The zero-order valence-electron chi connectivity index (χ0n) is 40.1. The summed E-state index contributed by atoms with van der Waals surface area (Å²) in [5.41, 5.74) is 1.15. The molecule has 2 aromatic carbocycles. The number of hydrogen-bond acceptors (Lipinski definition) is 12. The molecule has 2 fully saturated rings. The lowest BCUT2D eigenvalue weighted by Crippen LogP contribution is -2.55. The number of thiocarbonyl (C=S) groups is 1. The number of rotatable bonds is 21. The van der Waals surface area contributed by atoms with Crippen molar-refractivity contribution in [2.24, 2.45) is 5.92 Å². The number of carbonyl (C=O) groups excluding carboxylic acids is 4. The van der Waals surface area contributed by atoms with Crippen molar-refractivity contribution in [3.05, 3.63) is 93.5 Å². The second-order valence-electron chi connectivity index (χ2n) is 18.6. The molecule has 3 aliphatic rings. The smallest absolute Gasteiger partial charge is 0.417 e. The van der Waals surface area contributed by atoms with Crippen LogP contribution in [0.25, 0.3) is 0 Å². The molecule has 4 atom stereocenters. The minimum Gasteiger partial charge on any atom is -0.494 e. The number of ether oxygens (including phenoxy) is 3. The molecule has 2 saturated heterocycles. The number of amides is 4. The number of nitrogens with one attached hydrogen (secondary N) is 2. The van der Waals surface area contributed by atoms with E-state index in [-0.39, 0.29) is 60.8 Å². The standard InChI is InChI=1S/C50H60F3N7O8S2/c1-31(2)42(45(64)58-28-37(61)25-40(58)44(63)55-27-33-16-18-49(6,19-17-33)43-32(3)56-30-70-43)57-41(62)29-67-22-9-21-66-20-7-8-23-68-38-14-12-35(13-15-38)60-47(69)59(46(65)48(60,4)5)36-11-10-34(26-54)39(24-36)50(51,52)53/h10-18,24,30-31,37,40,42,61H,7-9,19-23,25,27-29H2,1-6H3,(H,55,63)(H,57,62)/t37-,40+,42+,49?/m1/s1. The number of aliphatic hydroxyl groups is 1. The highest BCUT2D eigenvalue weighted by atomic mass is 32.1. The summed E-state index contributed by atoms with van der Waals surface area (Å²) in [6.45, 7) is 12.5. The summed E-state index contributed by atoms with van der Waals surface area (Å²) in [6.07, 6.45) is 3.36. The molecule has 15 nitrogen and oxygen atoms in total. The number of unbranched alkanes of at least 4 members (excludes halogenated alkanes) is 1. The molecule has 1 unspecified atom stereocenters. The van der Waals surface area contributed by atoms with Crippen molar-refractivity contribution in [1.29, 1.82) is 5.26 Å². The summed E-state index contributed by atoms with van der Waals surface area (Å²) in [5, 5.41) is 25.4. The maximum Gasteiger partial charge on any atom is 0.417 e. The number of alkyl halides is 3. The second-order valence-corrected chi connectivity index (χ2v) is 19.8. The fraction of sp³-hybridized carbons (Fsp3) is 0.500. The van der Waals surface area contributed by atoms with Crippen molar-refractivity contribution in [3.63, 3.8) is 0 Å². The first-order chi connectivity index (χ1) is 33.2. The molecule has 20 heteroatoms. The van der Waals surface area contributed by atoms with Gasteiger partial charge in [0.1, 0.15) is 30.0 Å². The topological polar surface area (TPSA) is 187 Å². The Morgan fingerprint density at radius 3 is 2.36 bits per heavy atom. The van der Waals surface area contributed by atoms with E-state index in [1.54, 1.807) is 74.3 Å². The molecule has 0 radical (unpaired) electrons. The Labute approximate surface area is 415 Å². The summed E-state index contributed by atoms with van der Waals surface area (Å²) in [7, 11) is 0. The number of aromatic nitrogens is 1. The molecule has 0 saturated carbocycles. The SMILES string of the molecule is Cc1ncsc1C1(C)C=CC(CNC(=O)[C@@H]2C[C@@H](O)CN2C(=O)[C@@H](NC(=O)COCCCOCCCCOc2ccc(N3C(=S)N(c4ccc(C#N)c(C(F)(F)F)c4)C(=O)C3(C)C)cc2)C(C)C)=CC1. The molecule has 3 N–H and O–H groups in total. The van der Waals surface area contributed by atoms with Gasteiger partial charge in [-0.2, -0.15) is 18.4 Å². The number of thiazole rings is 1. The fourth-order valence-electron chi connectivity index (χ4n) is 8.62. The molecule has 1 aromatic heterocycles. The van der Waals surface area contributed by atoms with Gasteiger partial charge in [0.15, 0.2) is 5.11 Å². The van der Waals surface area contributed by atoms with Gasteiger partial charge in [0.25, 0.3) is 5.91 Å². The lowest BCUT2D eigenvalue weighted by Gasteiger charge is -2.30. The predicted molar refractivity (Wildman–Crippen MR) is 262 cm³/mol. The van der Waals surface area contributed by atoms with Gasteiger partial charge in [-0.05, 0) is 113 Å². The summed E-state index contributed by atoms with van der Waals surface area (Å²) < 4.78 is 58.3. The Balaban J connectivity index is 0.853. The Kier molecular flexibility index (Phi) is 17.6. The first-order valence-electron chi connectivity index (χ1n) is 23.2. The number of likely N-dealkylation sites (tertiary alicyclic amines) is 1. The number of nitriles is 1. The lowest BCUT2D eigenvalue weighted by molar-refractivity contribution is -0.143. The van der Waals surface area contributed by atoms with E-state index in [1.165, 1.54) is 15.8 Å². The van der Waals surface area contributed by atoms with E-state index >= 15 is 0 Å². The van der Waals surface area contributed by atoms with Crippen molar-refractivity contribution >= 4 is 63.7 Å². The van der Waals surface area contributed by atoms with E-state index in [2.05, 4.69) is 34.7 Å². The van der Waals surface area contributed by atoms with E-state index in [4.69, 9.17) is 26.4 Å². The number of aliphatic hydroxyl groups excluding tert-OH is 1. The van der Waals surface area contributed by atoms with Crippen LogP contribution in [0.4, 0.5) is 24.5 Å². The molecule has 1 aliphatic carbocycles. The number of halogens is 3. The lowest BCUT2D eigenvalue weighted by atomic mass is 9.80. The number of anilines is 2. The van der Waals surface area contributed by atoms with Crippen molar-refractivity contribution < 1.29 is 51.7 Å². The van der Waals surface area contributed by atoms with Crippen molar-refractivity contribution in [3.8, 4) is 11.8 Å². The number of carbonyl (C=O) groups is 4. The van der Waals surface area contributed by atoms with E-state index < -0.39 is 58.8 Å². The summed E-state index contributed by atoms with van der Waals surface area (Å²) in [5.74, 6) is -1.54. The van der Waals surface area contributed by atoms with Crippen LogP contribution >= 0.6 is 23.6 Å². The normalized spacial score (nSPS) is 20.4. The molecular weight excluding hydrogens is 948 g/mol. The molecule has 3 heterocycles. The van der Waals surface area contributed by atoms with Crippen LogP contribution in [0.1, 0.15) is 88.4 Å². The molecule has 376 valence electrons. The molecular formula is C50H60F3N7O8S2. The van der Waals surface area contributed by atoms with E-state index in [9.17, 15) is 42.7 Å². The van der Waals surface area contributed by atoms with Crippen molar-refractivity contribution in [2.45, 2.75) is 109 Å². The fourth-order valence-corrected chi connectivity index (χ4v) is 10.1. The van der Waals surface area contributed by atoms with Crippen LogP contribution in [0.2, 0.25) is 0 Å². The first kappa shape index (κ1) is 53.6. The van der Waals surface area contributed by atoms with Crippen LogP contribution in [-0.2, 0) is 40.2 Å². The first-order valence-corrected chi connectivity index (χ1v) is 24.5. The van der Waals surface area contributed by atoms with Crippen LogP contribution in [0, 0.1) is 24.2 Å². The van der Waals surface area contributed by atoms with Gasteiger partial charge >= 0.3 is 6.18 Å². The molecule has 3 aromatic rings. The molecule has 0 spiro atoms.